The van der Waals surface area contributed by atoms with Gasteiger partial charge in [-0.15, -0.1) is 0 Å². The van der Waals surface area contributed by atoms with Crippen LogP contribution in [0.5, 0.6) is 0 Å². The fourth-order valence-electron chi connectivity index (χ4n) is 3.32. The lowest BCUT2D eigenvalue weighted by atomic mass is 9.84. The van der Waals surface area contributed by atoms with Gasteiger partial charge in [-0.25, -0.2) is 9.37 Å². The SMILES string of the molecule is OC1(c2ccc(F)cc2)CCN(c2cncc(-c3ccncc3)n2)CC1. The summed E-state index contributed by atoms with van der Waals surface area (Å²) in [6.07, 6.45) is 8.05. The van der Waals surface area contributed by atoms with Crippen LogP contribution in [0.25, 0.3) is 11.3 Å². The quantitative estimate of drug-likeness (QED) is 0.786. The molecule has 132 valence electrons. The lowest BCUT2D eigenvalue weighted by Crippen LogP contribution is -2.43. The molecule has 0 bridgehead atoms. The van der Waals surface area contributed by atoms with E-state index in [1.54, 1.807) is 36.9 Å². The van der Waals surface area contributed by atoms with E-state index < -0.39 is 5.60 Å². The Morgan fingerprint density at radius 3 is 2.31 bits per heavy atom. The second-order valence-corrected chi connectivity index (χ2v) is 6.52. The van der Waals surface area contributed by atoms with Crippen LogP contribution in [-0.2, 0) is 5.60 Å². The fourth-order valence-corrected chi connectivity index (χ4v) is 3.32. The highest BCUT2D eigenvalue weighted by atomic mass is 19.1. The number of aliphatic hydroxyl groups is 1. The molecule has 2 aromatic heterocycles. The number of aromatic nitrogens is 3. The maximum atomic E-state index is 13.1. The van der Waals surface area contributed by atoms with Gasteiger partial charge in [0.15, 0.2) is 0 Å². The van der Waals surface area contributed by atoms with Gasteiger partial charge < -0.3 is 10.0 Å². The molecule has 0 amide bonds. The molecular formula is C20H19FN4O. The fraction of sp³-hybridized carbons (Fsp3) is 0.250. The van der Waals surface area contributed by atoms with E-state index in [9.17, 15) is 9.50 Å². The van der Waals surface area contributed by atoms with Crippen LogP contribution in [0.3, 0.4) is 0 Å². The minimum atomic E-state index is -0.930. The molecule has 1 aliphatic rings. The van der Waals surface area contributed by atoms with Crippen molar-refractivity contribution in [1.29, 1.82) is 0 Å². The molecule has 1 N–H and O–H groups in total. The summed E-state index contributed by atoms with van der Waals surface area (Å²) in [5.41, 5.74) is 1.59. The molecule has 26 heavy (non-hydrogen) atoms. The van der Waals surface area contributed by atoms with Gasteiger partial charge in [-0.3, -0.25) is 9.97 Å². The number of nitrogens with zero attached hydrogens (tertiary/aromatic N) is 4. The van der Waals surface area contributed by atoms with Gasteiger partial charge >= 0.3 is 0 Å². The highest BCUT2D eigenvalue weighted by molar-refractivity contribution is 5.59. The van der Waals surface area contributed by atoms with Crippen molar-refractivity contribution >= 4 is 5.82 Å². The molecule has 3 aromatic rings. The first kappa shape index (κ1) is 16.6. The number of halogens is 1. The summed E-state index contributed by atoms with van der Waals surface area (Å²) in [5.74, 6) is 0.499. The molecule has 0 radical (unpaired) electrons. The molecule has 1 fully saturated rings. The van der Waals surface area contributed by atoms with Gasteiger partial charge in [0.05, 0.1) is 23.7 Å². The molecule has 0 unspecified atom stereocenters. The third kappa shape index (κ3) is 3.28. The van der Waals surface area contributed by atoms with Crippen molar-refractivity contribution in [2.75, 3.05) is 18.0 Å². The standard InChI is InChI=1S/C20H19FN4O/c21-17-3-1-16(2-4-17)20(26)7-11-25(12-8-20)19-14-23-13-18(24-19)15-5-9-22-10-6-15/h1-6,9-10,13-14,26H,7-8,11-12H2. The molecule has 0 saturated carbocycles. The molecule has 0 aliphatic carbocycles. The lowest BCUT2D eigenvalue weighted by Gasteiger charge is -2.39. The van der Waals surface area contributed by atoms with E-state index in [4.69, 9.17) is 4.98 Å². The molecule has 4 rings (SSSR count). The van der Waals surface area contributed by atoms with Crippen molar-refractivity contribution in [3.63, 3.8) is 0 Å². The van der Waals surface area contributed by atoms with Crippen LogP contribution in [-0.4, -0.2) is 33.1 Å². The molecule has 3 heterocycles. The lowest BCUT2D eigenvalue weighted by molar-refractivity contribution is 0.0116. The van der Waals surface area contributed by atoms with Gasteiger partial charge in [0.1, 0.15) is 11.6 Å². The van der Waals surface area contributed by atoms with Crippen LogP contribution in [0.4, 0.5) is 10.2 Å². The summed E-state index contributed by atoms with van der Waals surface area (Å²) < 4.78 is 13.1. The van der Waals surface area contributed by atoms with Crippen molar-refractivity contribution in [1.82, 2.24) is 15.0 Å². The number of hydrogen-bond donors (Lipinski definition) is 1. The highest BCUT2D eigenvalue weighted by Gasteiger charge is 2.34. The maximum Gasteiger partial charge on any atom is 0.147 e. The van der Waals surface area contributed by atoms with Crippen molar-refractivity contribution in [2.45, 2.75) is 18.4 Å². The Morgan fingerprint density at radius 1 is 0.923 bits per heavy atom. The number of pyridine rings is 1. The van der Waals surface area contributed by atoms with E-state index >= 15 is 0 Å². The Labute approximate surface area is 151 Å². The topological polar surface area (TPSA) is 62.1 Å². The molecule has 0 spiro atoms. The molecule has 1 aromatic carbocycles. The average Bonchev–Trinajstić information content (AvgIpc) is 2.70. The number of hydrogen-bond acceptors (Lipinski definition) is 5. The Hall–Kier alpha value is -2.86. The normalized spacial score (nSPS) is 16.5. The first-order valence-corrected chi connectivity index (χ1v) is 8.60. The molecule has 1 aliphatic heterocycles. The van der Waals surface area contributed by atoms with E-state index in [1.807, 2.05) is 12.1 Å². The Morgan fingerprint density at radius 2 is 1.62 bits per heavy atom. The van der Waals surface area contributed by atoms with Crippen LogP contribution in [0.15, 0.2) is 61.2 Å². The number of rotatable bonds is 3. The Bertz CT molecular complexity index is 878. The second-order valence-electron chi connectivity index (χ2n) is 6.52. The molecule has 0 atom stereocenters. The van der Waals surface area contributed by atoms with Crippen molar-refractivity contribution < 1.29 is 9.50 Å². The van der Waals surface area contributed by atoms with Crippen molar-refractivity contribution in [3.05, 3.63) is 72.6 Å². The smallest absolute Gasteiger partial charge is 0.147 e. The zero-order valence-corrected chi connectivity index (χ0v) is 14.2. The van der Waals surface area contributed by atoms with Crippen molar-refractivity contribution in [2.24, 2.45) is 0 Å². The molecule has 5 nitrogen and oxygen atoms in total. The van der Waals surface area contributed by atoms with Gasteiger partial charge in [0.25, 0.3) is 0 Å². The summed E-state index contributed by atoms with van der Waals surface area (Å²) in [4.78, 5) is 15.2. The van der Waals surface area contributed by atoms with E-state index in [0.717, 1.165) is 22.6 Å². The van der Waals surface area contributed by atoms with Crippen LogP contribution >= 0.6 is 0 Å². The largest absolute Gasteiger partial charge is 0.385 e. The summed E-state index contributed by atoms with van der Waals surface area (Å²) in [5, 5.41) is 10.9. The van der Waals surface area contributed by atoms with Gasteiger partial charge in [-0.1, -0.05) is 12.1 Å². The van der Waals surface area contributed by atoms with Gasteiger partial charge in [0.2, 0.25) is 0 Å². The molecular weight excluding hydrogens is 331 g/mol. The van der Waals surface area contributed by atoms with Gasteiger partial charge in [0, 0.05) is 31.0 Å². The number of piperidine rings is 1. The summed E-state index contributed by atoms with van der Waals surface area (Å²) in [6, 6.07) is 9.91. The van der Waals surface area contributed by atoms with Crippen LogP contribution < -0.4 is 4.90 Å². The van der Waals surface area contributed by atoms with Crippen LogP contribution in [0, 0.1) is 5.82 Å². The van der Waals surface area contributed by atoms with Crippen LogP contribution in [0.1, 0.15) is 18.4 Å². The first-order chi connectivity index (χ1) is 12.6. The van der Waals surface area contributed by atoms with E-state index in [1.165, 1.54) is 12.1 Å². The summed E-state index contributed by atoms with van der Waals surface area (Å²) >= 11 is 0. The maximum absolute atomic E-state index is 13.1. The minimum Gasteiger partial charge on any atom is -0.385 e. The zero-order chi connectivity index (χ0) is 18.0. The second kappa shape index (κ2) is 6.80. The van der Waals surface area contributed by atoms with E-state index in [0.29, 0.717) is 25.9 Å². The summed E-state index contributed by atoms with van der Waals surface area (Å²) in [6.45, 7) is 1.31. The predicted octanol–water partition coefficient (Wildman–Crippen LogP) is 3.17. The van der Waals surface area contributed by atoms with E-state index in [-0.39, 0.29) is 5.82 Å². The Kier molecular flexibility index (Phi) is 4.34. The first-order valence-electron chi connectivity index (χ1n) is 8.60. The third-order valence-corrected chi connectivity index (χ3v) is 4.89. The highest BCUT2D eigenvalue weighted by Crippen LogP contribution is 2.34. The van der Waals surface area contributed by atoms with Crippen LogP contribution in [0.2, 0.25) is 0 Å². The van der Waals surface area contributed by atoms with Gasteiger partial charge in [-0.2, -0.15) is 0 Å². The van der Waals surface area contributed by atoms with Crippen molar-refractivity contribution in [3.8, 4) is 11.3 Å². The Balaban J connectivity index is 1.51. The molecule has 1 saturated heterocycles. The number of anilines is 1. The monoisotopic (exact) mass is 350 g/mol. The molecule has 6 heteroatoms. The zero-order valence-electron chi connectivity index (χ0n) is 14.2. The minimum absolute atomic E-state index is 0.294. The average molecular weight is 350 g/mol. The van der Waals surface area contributed by atoms with Gasteiger partial charge in [-0.05, 0) is 42.7 Å². The predicted molar refractivity (Wildman–Crippen MR) is 97.0 cm³/mol. The van der Waals surface area contributed by atoms with E-state index in [2.05, 4.69) is 14.9 Å². The summed E-state index contributed by atoms with van der Waals surface area (Å²) in [7, 11) is 0. The number of benzene rings is 1. The third-order valence-electron chi connectivity index (χ3n) is 4.89.